The number of hydrogen-bond acceptors (Lipinski definition) is 5. The fourth-order valence-electron chi connectivity index (χ4n) is 2.85. The quantitative estimate of drug-likeness (QED) is 0.575. The minimum absolute atomic E-state index is 0.117. The van der Waals surface area contributed by atoms with Crippen LogP contribution >= 0.6 is 0 Å². The third kappa shape index (κ3) is 7.26. The summed E-state index contributed by atoms with van der Waals surface area (Å²) < 4.78 is 34.2. The Hall–Kier alpha value is -2.74. The first-order valence-electron chi connectivity index (χ1n) is 9.89. The summed E-state index contributed by atoms with van der Waals surface area (Å²) >= 11 is 0. The van der Waals surface area contributed by atoms with Gasteiger partial charge in [-0.15, -0.1) is 0 Å². The maximum absolute atomic E-state index is 12.8. The molecule has 0 fully saturated rings. The minimum Gasteiger partial charge on any atom is -0.493 e. The molecule has 0 bridgehead atoms. The monoisotopic (exact) mass is 434 g/mol. The Labute approximate surface area is 179 Å². The number of nitrogens with one attached hydrogen (secondary N) is 1. The number of hydrogen-bond donors (Lipinski definition) is 1. The van der Waals surface area contributed by atoms with Crippen LogP contribution in [0.1, 0.15) is 31.9 Å². The standard InChI is InChI=1S/C22H30N2O5S/c1-5-30(26,27)29-21-13-19(11-12-20(21)28-4)16-24(15-17(2)3)22(25)23-14-18-9-7-6-8-10-18/h6-13,17H,5,14-16H2,1-4H3,(H,23,25). The SMILES string of the molecule is CCS(=O)(=O)Oc1cc(CN(CC(C)C)C(=O)NCc2ccccc2)ccc1OC. The Morgan fingerprint density at radius 1 is 1.07 bits per heavy atom. The summed E-state index contributed by atoms with van der Waals surface area (Å²) in [5.41, 5.74) is 1.76. The van der Waals surface area contributed by atoms with Gasteiger partial charge in [0.2, 0.25) is 0 Å². The first kappa shape index (κ1) is 23.5. The molecule has 0 heterocycles. The van der Waals surface area contributed by atoms with Gasteiger partial charge in [0.15, 0.2) is 11.5 Å². The second-order valence-electron chi connectivity index (χ2n) is 7.33. The maximum Gasteiger partial charge on any atom is 0.317 e. The van der Waals surface area contributed by atoms with E-state index >= 15 is 0 Å². The molecule has 0 aliphatic carbocycles. The van der Waals surface area contributed by atoms with Crippen LogP contribution in [-0.4, -0.2) is 38.8 Å². The van der Waals surface area contributed by atoms with Gasteiger partial charge >= 0.3 is 16.1 Å². The lowest BCUT2D eigenvalue weighted by molar-refractivity contribution is 0.187. The predicted octanol–water partition coefficient (Wildman–Crippen LogP) is 3.79. The molecule has 2 amide bonds. The number of carbonyl (C=O) groups excluding carboxylic acids is 1. The third-order valence-electron chi connectivity index (χ3n) is 4.33. The lowest BCUT2D eigenvalue weighted by Crippen LogP contribution is -2.41. The van der Waals surface area contributed by atoms with Crippen molar-refractivity contribution in [3.05, 3.63) is 59.7 Å². The summed E-state index contributed by atoms with van der Waals surface area (Å²) in [5, 5.41) is 2.94. The summed E-state index contributed by atoms with van der Waals surface area (Å²) in [6, 6.07) is 14.5. The summed E-state index contributed by atoms with van der Waals surface area (Å²) in [6.45, 7) is 6.87. The Bertz CT molecular complexity index is 930. The number of carbonyl (C=O) groups is 1. The number of amides is 2. The fourth-order valence-corrected chi connectivity index (χ4v) is 3.37. The normalized spacial score (nSPS) is 11.2. The van der Waals surface area contributed by atoms with E-state index in [2.05, 4.69) is 5.32 Å². The molecule has 30 heavy (non-hydrogen) atoms. The van der Waals surface area contributed by atoms with Crippen LogP contribution in [0.4, 0.5) is 4.79 Å². The Morgan fingerprint density at radius 3 is 2.37 bits per heavy atom. The van der Waals surface area contributed by atoms with Gasteiger partial charge in [-0.2, -0.15) is 8.42 Å². The Balaban J connectivity index is 2.17. The number of urea groups is 1. The molecule has 2 aromatic carbocycles. The lowest BCUT2D eigenvalue weighted by Gasteiger charge is -2.25. The van der Waals surface area contributed by atoms with Crippen LogP contribution in [0, 0.1) is 5.92 Å². The smallest absolute Gasteiger partial charge is 0.317 e. The van der Waals surface area contributed by atoms with E-state index in [9.17, 15) is 13.2 Å². The number of nitrogens with zero attached hydrogens (tertiary/aromatic N) is 1. The minimum atomic E-state index is -3.70. The van der Waals surface area contributed by atoms with Crippen LogP contribution in [0.25, 0.3) is 0 Å². The van der Waals surface area contributed by atoms with Crippen LogP contribution in [0.15, 0.2) is 48.5 Å². The second kappa shape index (κ2) is 10.9. The van der Waals surface area contributed by atoms with E-state index in [1.165, 1.54) is 14.0 Å². The predicted molar refractivity (Wildman–Crippen MR) is 117 cm³/mol. The molecular weight excluding hydrogens is 404 g/mol. The molecule has 164 valence electrons. The van der Waals surface area contributed by atoms with Crippen molar-refractivity contribution in [1.82, 2.24) is 10.2 Å². The van der Waals surface area contributed by atoms with E-state index in [0.717, 1.165) is 11.1 Å². The first-order chi connectivity index (χ1) is 14.2. The molecule has 0 aliphatic rings. The van der Waals surface area contributed by atoms with Crippen molar-refractivity contribution < 1.29 is 22.1 Å². The van der Waals surface area contributed by atoms with E-state index in [-0.39, 0.29) is 23.5 Å². The molecule has 0 saturated carbocycles. The van der Waals surface area contributed by atoms with Crippen LogP contribution in [0.5, 0.6) is 11.5 Å². The van der Waals surface area contributed by atoms with Crippen molar-refractivity contribution in [3.8, 4) is 11.5 Å². The zero-order valence-electron chi connectivity index (χ0n) is 17.9. The molecule has 8 heteroatoms. The highest BCUT2D eigenvalue weighted by Crippen LogP contribution is 2.30. The summed E-state index contributed by atoms with van der Waals surface area (Å²) in [5.74, 6) is 0.551. The summed E-state index contributed by atoms with van der Waals surface area (Å²) in [4.78, 5) is 14.5. The van der Waals surface area contributed by atoms with Gasteiger partial charge in [-0.05, 0) is 36.1 Å². The van der Waals surface area contributed by atoms with E-state index in [1.807, 2.05) is 44.2 Å². The fraction of sp³-hybridized carbons (Fsp3) is 0.409. The zero-order chi connectivity index (χ0) is 22.1. The molecular formula is C22H30N2O5S. The van der Waals surface area contributed by atoms with Crippen LogP contribution in [0.2, 0.25) is 0 Å². The molecule has 0 saturated heterocycles. The molecule has 0 radical (unpaired) electrons. The van der Waals surface area contributed by atoms with Crippen molar-refractivity contribution in [2.45, 2.75) is 33.9 Å². The molecule has 7 nitrogen and oxygen atoms in total. The molecule has 0 unspecified atom stereocenters. The second-order valence-corrected chi connectivity index (χ2v) is 9.19. The van der Waals surface area contributed by atoms with E-state index < -0.39 is 10.1 Å². The number of benzene rings is 2. The van der Waals surface area contributed by atoms with Crippen molar-refractivity contribution in [2.75, 3.05) is 19.4 Å². The Kier molecular flexibility index (Phi) is 8.53. The van der Waals surface area contributed by atoms with Crippen LogP contribution in [0.3, 0.4) is 0 Å². The summed E-state index contributed by atoms with van der Waals surface area (Å²) in [6.07, 6.45) is 0. The van der Waals surface area contributed by atoms with E-state index in [0.29, 0.717) is 25.4 Å². The molecule has 0 spiro atoms. The van der Waals surface area contributed by atoms with Gasteiger partial charge in [0.1, 0.15) is 0 Å². The average molecular weight is 435 g/mol. The highest BCUT2D eigenvalue weighted by atomic mass is 32.2. The van der Waals surface area contributed by atoms with Crippen molar-refractivity contribution in [3.63, 3.8) is 0 Å². The number of ether oxygens (including phenoxy) is 1. The van der Waals surface area contributed by atoms with Crippen molar-refractivity contribution in [1.29, 1.82) is 0 Å². The van der Waals surface area contributed by atoms with Gasteiger partial charge in [-0.3, -0.25) is 0 Å². The van der Waals surface area contributed by atoms with Gasteiger partial charge in [-0.25, -0.2) is 4.79 Å². The molecule has 2 rings (SSSR count). The zero-order valence-corrected chi connectivity index (χ0v) is 18.7. The van der Waals surface area contributed by atoms with Crippen molar-refractivity contribution >= 4 is 16.1 Å². The van der Waals surface area contributed by atoms with Crippen LogP contribution < -0.4 is 14.2 Å². The van der Waals surface area contributed by atoms with Gasteiger partial charge in [0.25, 0.3) is 0 Å². The highest BCUT2D eigenvalue weighted by molar-refractivity contribution is 7.87. The molecule has 2 aromatic rings. The van der Waals surface area contributed by atoms with Gasteiger partial charge in [-0.1, -0.05) is 50.2 Å². The number of rotatable bonds is 10. The summed E-state index contributed by atoms with van der Waals surface area (Å²) in [7, 11) is -2.25. The van der Waals surface area contributed by atoms with Crippen molar-refractivity contribution in [2.24, 2.45) is 5.92 Å². The lowest BCUT2D eigenvalue weighted by atomic mass is 10.1. The number of methoxy groups -OCH3 is 1. The average Bonchev–Trinajstić information content (AvgIpc) is 2.72. The van der Waals surface area contributed by atoms with Crippen LogP contribution in [-0.2, 0) is 23.2 Å². The molecule has 0 aromatic heterocycles. The van der Waals surface area contributed by atoms with Gasteiger partial charge < -0.3 is 19.1 Å². The Morgan fingerprint density at radius 2 is 1.77 bits per heavy atom. The first-order valence-corrected chi connectivity index (χ1v) is 11.5. The largest absolute Gasteiger partial charge is 0.493 e. The maximum atomic E-state index is 12.8. The molecule has 0 aliphatic heterocycles. The highest BCUT2D eigenvalue weighted by Gasteiger charge is 2.18. The molecule has 1 N–H and O–H groups in total. The van der Waals surface area contributed by atoms with Gasteiger partial charge in [0.05, 0.1) is 12.9 Å². The van der Waals surface area contributed by atoms with E-state index in [4.69, 9.17) is 8.92 Å². The molecule has 0 atom stereocenters. The topological polar surface area (TPSA) is 84.9 Å². The third-order valence-corrected chi connectivity index (χ3v) is 5.47. The van der Waals surface area contributed by atoms with E-state index in [1.54, 1.807) is 23.1 Å². The van der Waals surface area contributed by atoms with Gasteiger partial charge in [0, 0.05) is 19.6 Å².